The van der Waals surface area contributed by atoms with E-state index in [1.807, 2.05) is 39.5 Å². The van der Waals surface area contributed by atoms with Crippen LogP contribution in [0.4, 0.5) is 0 Å². The second-order valence-corrected chi connectivity index (χ2v) is 3.79. The molecular weight excluding hydrogens is 190 g/mol. The van der Waals surface area contributed by atoms with Crippen molar-refractivity contribution in [1.82, 2.24) is 4.90 Å². The SMILES string of the molecule is CC.CCC(=O)N1CCC(OC(C)C)C1. The summed E-state index contributed by atoms with van der Waals surface area (Å²) >= 11 is 0. The van der Waals surface area contributed by atoms with E-state index in [0.717, 1.165) is 19.5 Å². The van der Waals surface area contributed by atoms with E-state index in [1.165, 1.54) is 0 Å². The molecule has 0 aromatic carbocycles. The van der Waals surface area contributed by atoms with Gasteiger partial charge in [0.15, 0.2) is 0 Å². The zero-order valence-electron chi connectivity index (χ0n) is 10.7. The summed E-state index contributed by atoms with van der Waals surface area (Å²) in [6.07, 6.45) is 2.12. The molecule has 0 bridgehead atoms. The lowest BCUT2D eigenvalue weighted by atomic mass is 10.3. The molecule has 1 rings (SSSR count). The standard InChI is InChI=1S/C10H19NO2.C2H6/c1-4-10(12)11-6-5-9(7-11)13-8(2)3;1-2/h8-9H,4-7H2,1-3H3;1-2H3. The van der Waals surface area contributed by atoms with Gasteiger partial charge in [-0.2, -0.15) is 0 Å². The highest BCUT2D eigenvalue weighted by Gasteiger charge is 2.26. The van der Waals surface area contributed by atoms with Gasteiger partial charge in [0.2, 0.25) is 5.91 Å². The number of rotatable bonds is 3. The first-order chi connectivity index (χ1) is 7.13. The fraction of sp³-hybridized carbons (Fsp3) is 0.917. The Hall–Kier alpha value is -0.570. The maximum absolute atomic E-state index is 11.3. The van der Waals surface area contributed by atoms with Crippen molar-refractivity contribution >= 4 is 5.91 Å². The number of amides is 1. The average molecular weight is 215 g/mol. The highest BCUT2D eigenvalue weighted by Crippen LogP contribution is 2.14. The van der Waals surface area contributed by atoms with Crippen molar-refractivity contribution in [3.63, 3.8) is 0 Å². The largest absolute Gasteiger partial charge is 0.374 e. The maximum atomic E-state index is 11.3. The molecule has 90 valence electrons. The normalized spacial score (nSPS) is 20.1. The van der Waals surface area contributed by atoms with Crippen molar-refractivity contribution in [3.05, 3.63) is 0 Å². The fourth-order valence-electron chi connectivity index (χ4n) is 1.67. The van der Waals surface area contributed by atoms with Crippen LogP contribution in [0.2, 0.25) is 0 Å². The van der Waals surface area contributed by atoms with E-state index in [0.29, 0.717) is 6.42 Å². The van der Waals surface area contributed by atoms with Crippen molar-refractivity contribution in [2.24, 2.45) is 0 Å². The molecule has 0 aromatic rings. The summed E-state index contributed by atoms with van der Waals surface area (Å²) in [5.74, 6) is 0.245. The summed E-state index contributed by atoms with van der Waals surface area (Å²) in [6.45, 7) is 11.6. The van der Waals surface area contributed by atoms with Gasteiger partial charge < -0.3 is 9.64 Å². The predicted molar refractivity (Wildman–Crippen MR) is 62.8 cm³/mol. The number of carbonyl (C=O) groups is 1. The van der Waals surface area contributed by atoms with Gasteiger partial charge in [0, 0.05) is 19.5 Å². The second-order valence-electron chi connectivity index (χ2n) is 3.79. The summed E-state index contributed by atoms with van der Waals surface area (Å²) in [5, 5.41) is 0. The van der Waals surface area contributed by atoms with Crippen LogP contribution < -0.4 is 0 Å². The van der Waals surface area contributed by atoms with Crippen LogP contribution in [0, 0.1) is 0 Å². The Labute approximate surface area is 93.8 Å². The van der Waals surface area contributed by atoms with Crippen LogP contribution in [0.5, 0.6) is 0 Å². The highest BCUT2D eigenvalue weighted by atomic mass is 16.5. The molecule has 1 saturated heterocycles. The van der Waals surface area contributed by atoms with Crippen LogP contribution in [-0.4, -0.2) is 36.1 Å². The molecule has 1 fully saturated rings. The Morgan fingerprint density at radius 2 is 2.07 bits per heavy atom. The zero-order valence-corrected chi connectivity index (χ0v) is 10.7. The molecule has 0 saturated carbocycles. The van der Waals surface area contributed by atoms with Gasteiger partial charge in [-0.1, -0.05) is 20.8 Å². The van der Waals surface area contributed by atoms with E-state index in [2.05, 4.69) is 0 Å². The smallest absolute Gasteiger partial charge is 0.222 e. The zero-order chi connectivity index (χ0) is 11.8. The Morgan fingerprint density at radius 1 is 1.47 bits per heavy atom. The molecule has 0 aliphatic carbocycles. The monoisotopic (exact) mass is 215 g/mol. The lowest BCUT2D eigenvalue weighted by Crippen LogP contribution is -2.30. The first-order valence-corrected chi connectivity index (χ1v) is 6.06. The van der Waals surface area contributed by atoms with Crippen LogP contribution in [0.3, 0.4) is 0 Å². The average Bonchev–Trinajstić information content (AvgIpc) is 2.67. The Kier molecular flexibility index (Phi) is 7.39. The van der Waals surface area contributed by atoms with Crippen LogP contribution in [0.1, 0.15) is 47.5 Å². The molecular formula is C12H25NO2. The van der Waals surface area contributed by atoms with Crippen LogP contribution in [0.25, 0.3) is 0 Å². The molecule has 1 aliphatic rings. The van der Waals surface area contributed by atoms with E-state index < -0.39 is 0 Å². The summed E-state index contributed by atoms with van der Waals surface area (Å²) in [6, 6.07) is 0. The third-order valence-electron chi connectivity index (χ3n) is 2.26. The van der Waals surface area contributed by atoms with Gasteiger partial charge >= 0.3 is 0 Å². The van der Waals surface area contributed by atoms with Gasteiger partial charge in [-0.15, -0.1) is 0 Å². The highest BCUT2D eigenvalue weighted by molar-refractivity contribution is 5.76. The number of hydrogen-bond donors (Lipinski definition) is 0. The van der Waals surface area contributed by atoms with Gasteiger partial charge in [-0.25, -0.2) is 0 Å². The van der Waals surface area contributed by atoms with Gasteiger partial charge in [0.05, 0.1) is 12.2 Å². The molecule has 0 radical (unpaired) electrons. The van der Waals surface area contributed by atoms with Gasteiger partial charge in [0.25, 0.3) is 0 Å². The molecule has 15 heavy (non-hydrogen) atoms. The first-order valence-electron chi connectivity index (χ1n) is 6.06. The lowest BCUT2D eigenvalue weighted by molar-refractivity contribution is -0.130. The summed E-state index contributed by atoms with van der Waals surface area (Å²) in [4.78, 5) is 13.2. The Morgan fingerprint density at radius 3 is 2.53 bits per heavy atom. The van der Waals surface area contributed by atoms with Gasteiger partial charge in [-0.05, 0) is 20.3 Å². The van der Waals surface area contributed by atoms with E-state index in [9.17, 15) is 4.79 Å². The van der Waals surface area contributed by atoms with E-state index in [1.54, 1.807) is 0 Å². The Balaban J connectivity index is 0.000000921. The minimum absolute atomic E-state index is 0.245. The van der Waals surface area contributed by atoms with E-state index in [4.69, 9.17) is 4.74 Å². The minimum Gasteiger partial charge on any atom is -0.374 e. The van der Waals surface area contributed by atoms with Crippen molar-refractivity contribution in [3.8, 4) is 0 Å². The quantitative estimate of drug-likeness (QED) is 0.723. The summed E-state index contributed by atoms with van der Waals surface area (Å²) < 4.78 is 5.64. The topological polar surface area (TPSA) is 29.5 Å². The van der Waals surface area contributed by atoms with Crippen molar-refractivity contribution < 1.29 is 9.53 Å². The molecule has 0 N–H and O–H groups in total. The molecule has 0 aromatic heterocycles. The van der Waals surface area contributed by atoms with Crippen LogP contribution >= 0.6 is 0 Å². The molecule has 1 aliphatic heterocycles. The maximum Gasteiger partial charge on any atom is 0.222 e. The second kappa shape index (κ2) is 7.69. The number of nitrogens with zero attached hydrogens (tertiary/aromatic N) is 1. The molecule has 3 nitrogen and oxygen atoms in total. The minimum atomic E-state index is 0.245. The summed E-state index contributed by atoms with van der Waals surface area (Å²) in [5.41, 5.74) is 0. The molecule has 1 atom stereocenters. The lowest BCUT2D eigenvalue weighted by Gasteiger charge is -2.17. The third kappa shape index (κ3) is 5.17. The molecule has 1 amide bonds. The van der Waals surface area contributed by atoms with Gasteiger partial charge in [0.1, 0.15) is 0 Å². The predicted octanol–water partition coefficient (Wildman–Crippen LogP) is 2.45. The van der Waals surface area contributed by atoms with Crippen LogP contribution in [0.15, 0.2) is 0 Å². The number of likely N-dealkylation sites (tertiary alicyclic amines) is 1. The molecule has 0 spiro atoms. The van der Waals surface area contributed by atoms with Crippen molar-refractivity contribution in [1.29, 1.82) is 0 Å². The number of hydrogen-bond acceptors (Lipinski definition) is 2. The fourth-order valence-corrected chi connectivity index (χ4v) is 1.67. The number of carbonyl (C=O) groups excluding carboxylic acids is 1. The van der Waals surface area contributed by atoms with Gasteiger partial charge in [-0.3, -0.25) is 4.79 Å². The van der Waals surface area contributed by atoms with Crippen LogP contribution in [-0.2, 0) is 9.53 Å². The third-order valence-corrected chi connectivity index (χ3v) is 2.26. The van der Waals surface area contributed by atoms with Crippen molar-refractivity contribution in [2.45, 2.75) is 59.7 Å². The molecule has 1 unspecified atom stereocenters. The van der Waals surface area contributed by atoms with E-state index >= 15 is 0 Å². The molecule has 1 heterocycles. The first kappa shape index (κ1) is 14.4. The number of ether oxygens (including phenoxy) is 1. The van der Waals surface area contributed by atoms with E-state index in [-0.39, 0.29) is 18.1 Å². The molecule has 3 heteroatoms. The van der Waals surface area contributed by atoms with Crippen molar-refractivity contribution in [2.75, 3.05) is 13.1 Å². The summed E-state index contributed by atoms with van der Waals surface area (Å²) in [7, 11) is 0. The Bertz CT molecular complexity index is 180.